The van der Waals surface area contributed by atoms with E-state index in [1.54, 1.807) is 13.2 Å². The number of hydrogen-bond acceptors (Lipinski definition) is 4. The Morgan fingerprint density at radius 2 is 2.35 bits per heavy atom. The van der Waals surface area contributed by atoms with Gasteiger partial charge in [0.25, 0.3) is 0 Å². The minimum Gasteiger partial charge on any atom is -0.496 e. The number of aliphatic hydroxyl groups is 1. The van der Waals surface area contributed by atoms with Gasteiger partial charge in [-0.2, -0.15) is 0 Å². The number of amidine groups is 1. The number of aliphatic hydroxyl groups excluding tert-OH is 1. The fraction of sp³-hybridized carbons (Fsp3) is 0.533. The van der Waals surface area contributed by atoms with Gasteiger partial charge in [-0.15, -0.1) is 0 Å². The van der Waals surface area contributed by atoms with E-state index in [2.05, 4.69) is 4.90 Å². The van der Waals surface area contributed by atoms with Crippen LogP contribution < -0.4 is 10.5 Å². The average molecular weight is 277 g/mol. The second-order valence-electron chi connectivity index (χ2n) is 5.37. The van der Waals surface area contributed by atoms with Crippen LogP contribution in [0.2, 0.25) is 0 Å². The largest absolute Gasteiger partial charge is 0.496 e. The van der Waals surface area contributed by atoms with Crippen molar-refractivity contribution in [3.05, 3.63) is 29.3 Å². The third-order valence-corrected chi connectivity index (χ3v) is 3.85. The SMILES string of the molecule is COc1ccc(C(=N)N)cc1CN1CCCC(CO)C1. The molecule has 0 amide bonds. The van der Waals surface area contributed by atoms with Crippen molar-refractivity contribution in [1.29, 1.82) is 5.41 Å². The van der Waals surface area contributed by atoms with E-state index in [-0.39, 0.29) is 12.4 Å². The number of likely N-dealkylation sites (tertiary alicyclic amines) is 1. The molecular weight excluding hydrogens is 254 g/mol. The van der Waals surface area contributed by atoms with Gasteiger partial charge in [0.2, 0.25) is 0 Å². The number of hydrogen-bond donors (Lipinski definition) is 3. The summed E-state index contributed by atoms with van der Waals surface area (Å²) in [5.41, 5.74) is 7.31. The van der Waals surface area contributed by atoms with Crippen LogP contribution in [0.25, 0.3) is 0 Å². The van der Waals surface area contributed by atoms with E-state index in [0.29, 0.717) is 5.92 Å². The van der Waals surface area contributed by atoms with Crippen molar-refractivity contribution in [1.82, 2.24) is 4.90 Å². The van der Waals surface area contributed by atoms with Crippen molar-refractivity contribution in [2.75, 3.05) is 26.8 Å². The van der Waals surface area contributed by atoms with Crippen LogP contribution in [0.15, 0.2) is 18.2 Å². The van der Waals surface area contributed by atoms with Gasteiger partial charge in [0.05, 0.1) is 7.11 Å². The summed E-state index contributed by atoms with van der Waals surface area (Å²) >= 11 is 0. The Bertz CT molecular complexity index is 476. The Kier molecular flexibility index (Phi) is 4.98. The highest BCUT2D eigenvalue weighted by molar-refractivity contribution is 5.95. The maximum atomic E-state index is 9.30. The number of rotatable bonds is 5. The van der Waals surface area contributed by atoms with E-state index in [1.807, 2.05) is 12.1 Å². The lowest BCUT2D eigenvalue weighted by atomic mass is 9.98. The molecule has 2 rings (SSSR count). The number of nitrogens with two attached hydrogens (primary N) is 1. The molecule has 5 nitrogen and oxygen atoms in total. The highest BCUT2D eigenvalue weighted by Gasteiger charge is 2.20. The van der Waals surface area contributed by atoms with Gasteiger partial charge >= 0.3 is 0 Å². The standard InChI is InChI=1S/C15H23N3O2/c1-20-14-5-4-12(15(16)17)7-13(14)9-18-6-2-3-11(8-18)10-19/h4-5,7,11,19H,2-3,6,8-10H2,1H3,(H3,16,17). The molecule has 0 aromatic heterocycles. The molecule has 1 aromatic carbocycles. The van der Waals surface area contributed by atoms with E-state index in [9.17, 15) is 5.11 Å². The summed E-state index contributed by atoms with van der Waals surface area (Å²) in [6.07, 6.45) is 2.21. The van der Waals surface area contributed by atoms with E-state index in [4.69, 9.17) is 15.9 Å². The van der Waals surface area contributed by atoms with Crippen LogP contribution in [0, 0.1) is 11.3 Å². The van der Waals surface area contributed by atoms with Crippen LogP contribution >= 0.6 is 0 Å². The summed E-state index contributed by atoms with van der Waals surface area (Å²) in [4.78, 5) is 2.33. The van der Waals surface area contributed by atoms with Gasteiger partial charge in [0.15, 0.2) is 0 Å². The highest BCUT2D eigenvalue weighted by atomic mass is 16.5. The lowest BCUT2D eigenvalue weighted by Crippen LogP contribution is -2.36. The molecule has 1 atom stereocenters. The number of piperidine rings is 1. The molecule has 0 radical (unpaired) electrons. The average Bonchev–Trinajstić information content (AvgIpc) is 2.47. The zero-order valence-corrected chi connectivity index (χ0v) is 11.9. The summed E-state index contributed by atoms with van der Waals surface area (Å²) < 4.78 is 5.39. The first-order chi connectivity index (χ1) is 9.63. The molecular formula is C15H23N3O2. The number of nitrogen functional groups attached to an aromatic ring is 1. The van der Waals surface area contributed by atoms with E-state index < -0.39 is 0 Å². The van der Waals surface area contributed by atoms with Crippen molar-refractivity contribution in [2.45, 2.75) is 19.4 Å². The second kappa shape index (κ2) is 6.72. The fourth-order valence-corrected chi connectivity index (χ4v) is 2.75. The Balaban J connectivity index is 2.14. The monoisotopic (exact) mass is 277 g/mol. The molecule has 1 aliphatic rings. The number of methoxy groups -OCH3 is 1. The minimum absolute atomic E-state index is 0.0702. The van der Waals surface area contributed by atoms with Gasteiger partial charge in [0, 0.05) is 30.8 Å². The molecule has 0 bridgehead atoms. The first kappa shape index (κ1) is 14.8. The molecule has 1 aromatic rings. The van der Waals surface area contributed by atoms with Crippen LogP contribution in [0.1, 0.15) is 24.0 Å². The predicted octanol–water partition coefficient (Wildman–Crippen LogP) is 1.18. The Labute approximate surface area is 119 Å². The molecule has 1 unspecified atom stereocenters. The topological polar surface area (TPSA) is 82.6 Å². The molecule has 0 spiro atoms. The third-order valence-electron chi connectivity index (χ3n) is 3.85. The van der Waals surface area contributed by atoms with Crippen molar-refractivity contribution < 1.29 is 9.84 Å². The minimum atomic E-state index is 0.0702. The van der Waals surface area contributed by atoms with Crippen LogP contribution in [0.3, 0.4) is 0 Å². The van der Waals surface area contributed by atoms with Gasteiger partial charge < -0.3 is 15.6 Å². The summed E-state index contributed by atoms with van der Waals surface area (Å²) in [7, 11) is 1.65. The van der Waals surface area contributed by atoms with Crippen molar-refractivity contribution in [3.8, 4) is 5.75 Å². The summed E-state index contributed by atoms with van der Waals surface area (Å²) in [6.45, 7) is 2.95. The van der Waals surface area contributed by atoms with Gasteiger partial charge in [0.1, 0.15) is 11.6 Å². The summed E-state index contributed by atoms with van der Waals surface area (Å²) in [5.74, 6) is 1.26. The number of benzene rings is 1. The number of nitrogens with zero attached hydrogens (tertiary/aromatic N) is 1. The lowest BCUT2D eigenvalue weighted by Gasteiger charge is -2.32. The molecule has 1 saturated heterocycles. The molecule has 1 aliphatic heterocycles. The van der Waals surface area contributed by atoms with Crippen LogP contribution in [0.4, 0.5) is 0 Å². The molecule has 0 saturated carbocycles. The van der Waals surface area contributed by atoms with E-state index in [0.717, 1.165) is 49.4 Å². The maximum absolute atomic E-state index is 9.30. The van der Waals surface area contributed by atoms with Gasteiger partial charge in [-0.1, -0.05) is 0 Å². The van der Waals surface area contributed by atoms with E-state index >= 15 is 0 Å². The fourth-order valence-electron chi connectivity index (χ4n) is 2.75. The summed E-state index contributed by atoms with van der Waals surface area (Å²) in [6, 6.07) is 5.58. The lowest BCUT2D eigenvalue weighted by molar-refractivity contribution is 0.115. The molecule has 110 valence electrons. The van der Waals surface area contributed by atoms with Gasteiger partial charge in [-0.3, -0.25) is 10.3 Å². The molecule has 4 N–H and O–H groups in total. The quantitative estimate of drug-likeness (QED) is 0.557. The molecule has 5 heteroatoms. The van der Waals surface area contributed by atoms with Crippen molar-refractivity contribution >= 4 is 5.84 Å². The third kappa shape index (κ3) is 3.49. The van der Waals surface area contributed by atoms with Crippen LogP contribution in [-0.2, 0) is 6.54 Å². The Morgan fingerprint density at radius 3 is 3.00 bits per heavy atom. The normalized spacial score (nSPS) is 19.8. The summed E-state index contributed by atoms with van der Waals surface area (Å²) in [5, 5.41) is 16.8. The Morgan fingerprint density at radius 1 is 1.55 bits per heavy atom. The maximum Gasteiger partial charge on any atom is 0.123 e. The Hall–Kier alpha value is -1.59. The number of nitrogens with one attached hydrogen (secondary N) is 1. The van der Waals surface area contributed by atoms with Gasteiger partial charge in [-0.25, -0.2) is 0 Å². The highest BCUT2D eigenvalue weighted by Crippen LogP contribution is 2.24. The number of ether oxygens (including phenoxy) is 1. The molecule has 20 heavy (non-hydrogen) atoms. The van der Waals surface area contributed by atoms with Gasteiger partial charge in [-0.05, 0) is 43.5 Å². The first-order valence-corrected chi connectivity index (χ1v) is 6.98. The molecule has 1 heterocycles. The smallest absolute Gasteiger partial charge is 0.123 e. The van der Waals surface area contributed by atoms with Crippen molar-refractivity contribution in [2.24, 2.45) is 11.7 Å². The predicted molar refractivity (Wildman–Crippen MR) is 79.1 cm³/mol. The zero-order valence-electron chi connectivity index (χ0n) is 11.9. The second-order valence-corrected chi connectivity index (χ2v) is 5.37. The van der Waals surface area contributed by atoms with Crippen molar-refractivity contribution in [3.63, 3.8) is 0 Å². The first-order valence-electron chi connectivity index (χ1n) is 6.98. The molecule has 0 aliphatic carbocycles. The van der Waals surface area contributed by atoms with Crippen LogP contribution in [-0.4, -0.2) is 42.6 Å². The zero-order chi connectivity index (χ0) is 14.5. The molecule has 1 fully saturated rings. The van der Waals surface area contributed by atoms with E-state index in [1.165, 1.54) is 0 Å². The van der Waals surface area contributed by atoms with Crippen LogP contribution in [0.5, 0.6) is 5.75 Å².